The van der Waals surface area contributed by atoms with E-state index < -0.39 is 6.04 Å². The van der Waals surface area contributed by atoms with Crippen LogP contribution in [0.5, 0.6) is 0 Å². The second-order valence-electron chi connectivity index (χ2n) is 6.13. The van der Waals surface area contributed by atoms with Crippen LogP contribution in [0.15, 0.2) is 52.9 Å². The number of amides is 2. The van der Waals surface area contributed by atoms with Crippen molar-refractivity contribution in [2.75, 3.05) is 4.90 Å². The summed E-state index contributed by atoms with van der Waals surface area (Å²) >= 11 is 6.07. The van der Waals surface area contributed by atoms with E-state index in [0.29, 0.717) is 28.1 Å². The number of halogens is 1. The van der Waals surface area contributed by atoms with Crippen molar-refractivity contribution in [3.05, 3.63) is 65.0 Å². The van der Waals surface area contributed by atoms with Gasteiger partial charge in [-0.3, -0.25) is 9.59 Å². The number of nitrogens with one attached hydrogen (secondary N) is 1. The van der Waals surface area contributed by atoms with Gasteiger partial charge in [-0.05, 0) is 30.3 Å². The van der Waals surface area contributed by atoms with E-state index in [4.69, 9.17) is 16.0 Å². The van der Waals surface area contributed by atoms with Gasteiger partial charge in [0.15, 0.2) is 0 Å². The smallest absolute Gasteiger partial charge is 0.254 e. The molecule has 1 aliphatic rings. The van der Waals surface area contributed by atoms with Gasteiger partial charge in [-0.1, -0.05) is 29.8 Å². The van der Waals surface area contributed by atoms with Gasteiger partial charge in [-0.15, -0.1) is 10.2 Å². The molecule has 0 fully saturated rings. The van der Waals surface area contributed by atoms with E-state index in [9.17, 15) is 9.59 Å². The topological polar surface area (TPSA) is 88.3 Å². The number of carbonyl (C=O) groups is 2. The van der Waals surface area contributed by atoms with Crippen molar-refractivity contribution in [3.63, 3.8) is 0 Å². The number of aromatic nitrogens is 2. The van der Waals surface area contributed by atoms with Crippen LogP contribution in [-0.2, 0) is 16.1 Å². The molecule has 0 aliphatic carbocycles. The van der Waals surface area contributed by atoms with Crippen molar-refractivity contribution in [1.82, 2.24) is 15.5 Å². The molecule has 1 N–H and O–H groups in total. The first-order valence-electron chi connectivity index (χ1n) is 8.28. The first-order valence-corrected chi connectivity index (χ1v) is 8.66. The molecule has 27 heavy (non-hydrogen) atoms. The highest BCUT2D eigenvalue weighted by molar-refractivity contribution is 6.31. The van der Waals surface area contributed by atoms with E-state index in [1.54, 1.807) is 18.2 Å². The summed E-state index contributed by atoms with van der Waals surface area (Å²) < 4.78 is 5.71. The van der Waals surface area contributed by atoms with Crippen molar-refractivity contribution in [3.8, 4) is 11.5 Å². The van der Waals surface area contributed by atoms with E-state index in [-0.39, 0.29) is 18.4 Å². The lowest BCUT2D eigenvalue weighted by atomic mass is 10.1. The molecule has 0 radical (unpaired) electrons. The van der Waals surface area contributed by atoms with Crippen LogP contribution in [0.2, 0.25) is 5.02 Å². The van der Waals surface area contributed by atoms with Crippen LogP contribution in [0.25, 0.3) is 11.5 Å². The summed E-state index contributed by atoms with van der Waals surface area (Å²) in [4.78, 5) is 25.9. The number of hydrogen-bond acceptors (Lipinski definition) is 5. The molecule has 136 valence electrons. The highest BCUT2D eigenvalue weighted by Gasteiger charge is 2.38. The van der Waals surface area contributed by atoms with Crippen LogP contribution in [0, 0.1) is 0 Å². The maximum atomic E-state index is 12.9. The van der Waals surface area contributed by atoms with Crippen molar-refractivity contribution in [1.29, 1.82) is 0 Å². The number of rotatable bonds is 4. The number of benzene rings is 2. The quantitative estimate of drug-likeness (QED) is 0.749. The number of nitrogens with zero attached hydrogens (tertiary/aromatic N) is 3. The molecule has 1 aromatic heterocycles. The van der Waals surface area contributed by atoms with Crippen LogP contribution in [-0.4, -0.2) is 22.0 Å². The summed E-state index contributed by atoms with van der Waals surface area (Å²) in [6.45, 7) is 1.47. The van der Waals surface area contributed by atoms with E-state index in [1.807, 2.05) is 30.3 Å². The molecule has 0 spiro atoms. The summed E-state index contributed by atoms with van der Waals surface area (Å²) in [6.07, 6.45) is 0. The van der Waals surface area contributed by atoms with Crippen molar-refractivity contribution < 1.29 is 14.0 Å². The minimum absolute atomic E-state index is 0.101. The number of hydrogen-bond donors (Lipinski definition) is 1. The Kier molecular flexibility index (Phi) is 4.37. The van der Waals surface area contributed by atoms with E-state index >= 15 is 0 Å². The van der Waals surface area contributed by atoms with Gasteiger partial charge >= 0.3 is 0 Å². The molecule has 0 bridgehead atoms. The van der Waals surface area contributed by atoms with E-state index in [2.05, 4.69) is 15.5 Å². The first-order chi connectivity index (χ1) is 13.0. The largest absolute Gasteiger partial charge is 0.419 e. The Morgan fingerprint density at radius 1 is 1.22 bits per heavy atom. The van der Waals surface area contributed by atoms with Gasteiger partial charge in [0.1, 0.15) is 12.6 Å². The lowest BCUT2D eigenvalue weighted by Gasteiger charge is -2.15. The predicted octanol–water partition coefficient (Wildman–Crippen LogP) is 3.11. The molecule has 2 amide bonds. The lowest BCUT2D eigenvalue weighted by molar-refractivity contribution is -0.126. The van der Waals surface area contributed by atoms with Gasteiger partial charge in [0.25, 0.3) is 5.91 Å². The number of carbonyl (C=O) groups excluding carboxylic acids is 2. The number of fused-ring (bicyclic) bond motifs is 1. The predicted molar refractivity (Wildman–Crippen MR) is 98.9 cm³/mol. The molecule has 3 aromatic rings. The zero-order chi connectivity index (χ0) is 19.0. The summed E-state index contributed by atoms with van der Waals surface area (Å²) in [5.74, 6) is 0.103. The average Bonchev–Trinajstić information content (AvgIpc) is 3.21. The van der Waals surface area contributed by atoms with Crippen LogP contribution in [0.4, 0.5) is 5.69 Å². The Hall–Kier alpha value is -3.19. The van der Waals surface area contributed by atoms with Crippen molar-refractivity contribution in [2.45, 2.75) is 19.5 Å². The van der Waals surface area contributed by atoms with Gasteiger partial charge < -0.3 is 14.6 Å². The Morgan fingerprint density at radius 2 is 2.00 bits per heavy atom. The maximum Gasteiger partial charge on any atom is 0.254 e. The van der Waals surface area contributed by atoms with Crippen LogP contribution < -0.4 is 10.2 Å². The fourth-order valence-corrected chi connectivity index (χ4v) is 3.25. The number of anilines is 1. The van der Waals surface area contributed by atoms with Gasteiger partial charge in [-0.2, -0.15) is 0 Å². The Balaban J connectivity index is 1.64. The maximum absolute atomic E-state index is 12.9. The molecule has 4 rings (SSSR count). The SMILES string of the molecule is CC(=O)NC1C(=O)N(Cc2nnc(-c3ccccc3)o2)c2ccc(Cl)cc21. The molecule has 0 saturated carbocycles. The second kappa shape index (κ2) is 6.85. The lowest BCUT2D eigenvalue weighted by Crippen LogP contribution is -2.36. The fraction of sp³-hybridized carbons (Fsp3) is 0.158. The molecule has 8 heteroatoms. The molecular formula is C19H15ClN4O3. The normalized spacial score (nSPS) is 15.7. The van der Waals surface area contributed by atoms with Crippen LogP contribution in [0.3, 0.4) is 0 Å². The van der Waals surface area contributed by atoms with Gasteiger partial charge in [0.2, 0.25) is 17.7 Å². The summed E-state index contributed by atoms with van der Waals surface area (Å²) in [5.41, 5.74) is 2.10. The van der Waals surface area contributed by atoms with E-state index in [1.165, 1.54) is 11.8 Å². The fourth-order valence-electron chi connectivity index (χ4n) is 3.07. The second-order valence-corrected chi connectivity index (χ2v) is 6.56. The third-order valence-electron chi connectivity index (χ3n) is 4.23. The van der Waals surface area contributed by atoms with Crippen molar-refractivity contribution in [2.24, 2.45) is 0 Å². The summed E-state index contributed by atoms with van der Waals surface area (Å²) in [5, 5.41) is 11.2. The Morgan fingerprint density at radius 3 is 2.74 bits per heavy atom. The summed E-state index contributed by atoms with van der Waals surface area (Å²) in [6, 6.07) is 13.7. The Labute approximate surface area is 160 Å². The zero-order valence-electron chi connectivity index (χ0n) is 14.3. The standard InChI is InChI=1S/C19H15ClN4O3/c1-11(25)21-17-14-9-13(20)7-8-15(14)24(19(17)26)10-16-22-23-18(27-16)12-5-3-2-4-6-12/h2-9,17H,10H2,1H3,(H,21,25). The van der Waals surface area contributed by atoms with Gasteiger partial charge in [0.05, 0.1) is 5.69 Å². The van der Waals surface area contributed by atoms with Crippen LogP contribution in [0.1, 0.15) is 24.4 Å². The van der Waals surface area contributed by atoms with Crippen molar-refractivity contribution >= 4 is 29.1 Å². The highest BCUT2D eigenvalue weighted by atomic mass is 35.5. The minimum Gasteiger partial charge on any atom is -0.419 e. The molecule has 7 nitrogen and oxygen atoms in total. The third kappa shape index (κ3) is 3.29. The average molecular weight is 383 g/mol. The highest BCUT2D eigenvalue weighted by Crippen LogP contribution is 2.38. The monoisotopic (exact) mass is 382 g/mol. The molecule has 2 aromatic carbocycles. The molecular weight excluding hydrogens is 368 g/mol. The molecule has 1 unspecified atom stereocenters. The molecule has 1 aliphatic heterocycles. The molecule has 2 heterocycles. The zero-order valence-corrected chi connectivity index (χ0v) is 15.1. The van der Waals surface area contributed by atoms with E-state index in [0.717, 1.165) is 5.56 Å². The Bertz CT molecular complexity index is 1020. The minimum atomic E-state index is -0.785. The van der Waals surface area contributed by atoms with Crippen LogP contribution >= 0.6 is 11.6 Å². The molecule has 1 atom stereocenters. The third-order valence-corrected chi connectivity index (χ3v) is 4.47. The van der Waals surface area contributed by atoms with Gasteiger partial charge in [0, 0.05) is 23.1 Å². The molecule has 0 saturated heterocycles. The van der Waals surface area contributed by atoms with Gasteiger partial charge in [-0.25, -0.2) is 0 Å². The first kappa shape index (κ1) is 17.2. The summed E-state index contributed by atoms with van der Waals surface area (Å²) in [7, 11) is 0.